The molecule has 0 aromatic carbocycles. The molecular formula is C15H11ClN4O. The van der Waals surface area contributed by atoms with Gasteiger partial charge in [-0.25, -0.2) is 4.98 Å². The second-order valence-corrected chi connectivity index (χ2v) is 4.86. The number of carbonyl (C=O) groups excluding carboxylic acids is 1. The van der Waals surface area contributed by atoms with Crippen LogP contribution >= 0.6 is 11.6 Å². The summed E-state index contributed by atoms with van der Waals surface area (Å²) in [6, 6.07) is 7.09. The fourth-order valence-electron chi connectivity index (χ4n) is 2.02. The van der Waals surface area contributed by atoms with Crippen LogP contribution in [0, 0.1) is 0 Å². The Hall–Kier alpha value is -2.53. The van der Waals surface area contributed by atoms with Gasteiger partial charge in [0.15, 0.2) is 5.78 Å². The summed E-state index contributed by atoms with van der Waals surface area (Å²) in [5, 5.41) is 3.53. The molecule has 3 rings (SSSR count). The van der Waals surface area contributed by atoms with Crippen LogP contribution in [0.1, 0.15) is 17.3 Å². The van der Waals surface area contributed by atoms with Crippen molar-refractivity contribution in [1.82, 2.24) is 15.0 Å². The van der Waals surface area contributed by atoms with Crippen LogP contribution in [0.5, 0.6) is 0 Å². The van der Waals surface area contributed by atoms with Crippen LogP contribution in [-0.2, 0) is 0 Å². The fraction of sp³-hybridized carbons (Fsp3) is 0.0667. The molecule has 0 radical (unpaired) electrons. The summed E-state index contributed by atoms with van der Waals surface area (Å²) in [6.07, 6.45) is 4.89. The van der Waals surface area contributed by atoms with Crippen molar-refractivity contribution in [2.45, 2.75) is 6.92 Å². The van der Waals surface area contributed by atoms with E-state index in [1.807, 2.05) is 6.07 Å². The standard InChI is InChI=1S/C15H11ClN4O/c1-9(21)11-8-18-12-4-5-13(16)20-15(12)14(11)19-10-3-2-6-17-7-10/h2-8H,1H3,(H,18,19). The number of hydrogen-bond acceptors (Lipinski definition) is 5. The van der Waals surface area contributed by atoms with E-state index in [2.05, 4.69) is 20.3 Å². The summed E-state index contributed by atoms with van der Waals surface area (Å²) in [5.74, 6) is -0.0995. The molecule has 0 aliphatic heterocycles. The Morgan fingerprint density at radius 3 is 2.81 bits per heavy atom. The molecule has 0 aliphatic carbocycles. The molecule has 3 aromatic heterocycles. The number of fused-ring (bicyclic) bond motifs is 1. The van der Waals surface area contributed by atoms with Crippen molar-refractivity contribution in [2.24, 2.45) is 0 Å². The summed E-state index contributed by atoms with van der Waals surface area (Å²) in [7, 11) is 0. The van der Waals surface area contributed by atoms with Crippen molar-refractivity contribution in [3.05, 3.63) is 53.6 Å². The van der Waals surface area contributed by atoms with Gasteiger partial charge >= 0.3 is 0 Å². The molecule has 5 nitrogen and oxygen atoms in total. The molecule has 0 aliphatic rings. The van der Waals surface area contributed by atoms with Gasteiger partial charge in [0.2, 0.25) is 0 Å². The number of pyridine rings is 3. The van der Waals surface area contributed by atoms with Crippen molar-refractivity contribution in [3.8, 4) is 0 Å². The highest BCUT2D eigenvalue weighted by Crippen LogP contribution is 2.28. The second-order valence-electron chi connectivity index (χ2n) is 4.47. The summed E-state index contributed by atoms with van der Waals surface area (Å²) in [5.41, 5.74) is 3.02. The Balaban J connectivity index is 2.23. The van der Waals surface area contributed by atoms with Crippen LogP contribution in [0.25, 0.3) is 11.0 Å². The van der Waals surface area contributed by atoms with Crippen LogP contribution in [0.15, 0.2) is 42.9 Å². The van der Waals surface area contributed by atoms with Gasteiger partial charge in [-0.3, -0.25) is 14.8 Å². The number of ketones is 1. The van der Waals surface area contributed by atoms with Gasteiger partial charge in [-0.15, -0.1) is 0 Å². The minimum atomic E-state index is -0.0995. The Bertz CT molecular complexity index is 821. The van der Waals surface area contributed by atoms with Crippen LogP contribution in [0.2, 0.25) is 5.15 Å². The molecule has 3 aromatic rings. The lowest BCUT2D eigenvalue weighted by molar-refractivity contribution is 0.101. The normalized spacial score (nSPS) is 10.6. The number of nitrogens with zero attached hydrogens (tertiary/aromatic N) is 3. The van der Waals surface area contributed by atoms with E-state index in [1.54, 1.807) is 36.8 Å². The first-order chi connectivity index (χ1) is 10.1. The third kappa shape index (κ3) is 2.68. The highest BCUT2D eigenvalue weighted by molar-refractivity contribution is 6.30. The van der Waals surface area contributed by atoms with Crippen molar-refractivity contribution in [2.75, 3.05) is 5.32 Å². The van der Waals surface area contributed by atoms with Gasteiger partial charge in [0.25, 0.3) is 0 Å². The van der Waals surface area contributed by atoms with Crippen molar-refractivity contribution < 1.29 is 4.79 Å². The van der Waals surface area contributed by atoms with E-state index in [0.29, 0.717) is 27.4 Å². The highest BCUT2D eigenvalue weighted by Gasteiger charge is 2.14. The maximum absolute atomic E-state index is 11.8. The molecular weight excluding hydrogens is 288 g/mol. The lowest BCUT2D eigenvalue weighted by atomic mass is 10.1. The van der Waals surface area contributed by atoms with Gasteiger partial charge in [-0.05, 0) is 31.2 Å². The third-order valence-electron chi connectivity index (χ3n) is 2.99. The summed E-state index contributed by atoms with van der Waals surface area (Å²) < 4.78 is 0. The average Bonchev–Trinajstić information content (AvgIpc) is 2.48. The molecule has 1 N–H and O–H groups in total. The number of halogens is 1. The van der Waals surface area contributed by atoms with Gasteiger partial charge in [0.05, 0.1) is 28.7 Å². The molecule has 0 saturated heterocycles. The number of Topliss-reactive ketones (excluding diaryl/α,β-unsaturated/α-hetero) is 1. The molecule has 21 heavy (non-hydrogen) atoms. The highest BCUT2D eigenvalue weighted by atomic mass is 35.5. The van der Waals surface area contributed by atoms with Crippen molar-refractivity contribution in [1.29, 1.82) is 0 Å². The molecule has 6 heteroatoms. The zero-order valence-electron chi connectivity index (χ0n) is 11.2. The van der Waals surface area contributed by atoms with E-state index in [-0.39, 0.29) is 5.78 Å². The van der Waals surface area contributed by atoms with Crippen molar-refractivity contribution >= 4 is 39.8 Å². The van der Waals surface area contributed by atoms with Gasteiger partial charge in [0.1, 0.15) is 10.7 Å². The lowest BCUT2D eigenvalue weighted by Crippen LogP contribution is -2.04. The maximum Gasteiger partial charge on any atom is 0.163 e. The third-order valence-corrected chi connectivity index (χ3v) is 3.20. The first-order valence-corrected chi connectivity index (χ1v) is 6.66. The molecule has 0 spiro atoms. The molecule has 104 valence electrons. The Kier molecular flexibility index (Phi) is 3.50. The Labute approximate surface area is 126 Å². The first kappa shape index (κ1) is 13.5. The topological polar surface area (TPSA) is 67.8 Å². The predicted octanol–water partition coefficient (Wildman–Crippen LogP) is 3.62. The fourth-order valence-corrected chi connectivity index (χ4v) is 2.16. The van der Waals surface area contributed by atoms with Crippen LogP contribution in [0.4, 0.5) is 11.4 Å². The number of hydrogen-bond donors (Lipinski definition) is 1. The SMILES string of the molecule is CC(=O)c1cnc2ccc(Cl)nc2c1Nc1cccnc1. The molecule has 0 amide bonds. The monoisotopic (exact) mass is 298 g/mol. The number of anilines is 2. The van der Waals surface area contributed by atoms with E-state index in [4.69, 9.17) is 11.6 Å². The molecule has 0 bridgehead atoms. The van der Waals surface area contributed by atoms with E-state index >= 15 is 0 Å². The summed E-state index contributed by atoms with van der Waals surface area (Å²) in [6.45, 7) is 1.49. The number of aromatic nitrogens is 3. The van der Waals surface area contributed by atoms with Gasteiger partial charge < -0.3 is 5.32 Å². The maximum atomic E-state index is 11.8. The Morgan fingerprint density at radius 1 is 1.24 bits per heavy atom. The number of nitrogens with one attached hydrogen (secondary N) is 1. The first-order valence-electron chi connectivity index (χ1n) is 6.28. The molecule has 0 atom stereocenters. The van der Waals surface area contributed by atoms with Gasteiger partial charge in [0, 0.05) is 12.4 Å². The minimum absolute atomic E-state index is 0.0995. The molecule has 0 unspecified atom stereocenters. The average molecular weight is 299 g/mol. The quantitative estimate of drug-likeness (QED) is 0.591. The zero-order chi connectivity index (χ0) is 14.8. The molecule has 0 fully saturated rings. The molecule has 0 saturated carbocycles. The zero-order valence-corrected chi connectivity index (χ0v) is 11.9. The Morgan fingerprint density at radius 2 is 2.10 bits per heavy atom. The van der Waals surface area contributed by atoms with Crippen LogP contribution in [-0.4, -0.2) is 20.7 Å². The smallest absolute Gasteiger partial charge is 0.163 e. The van der Waals surface area contributed by atoms with E-state index in [0.717, 1.165) is 5.69 Å². The second kappa shape index (κ2) is 5.46. The van der Waals surface area contributed by atoms with E-state index in [9.17, 15) is 4.79 Å². The minimum Gasteiger partial charge on any atom is -0.352 e. The van der Waals surface area contributed by atoms with Crippen LogP contribution in [0.3, 0.4) is 0 Å². The molecule has 3 heterocycles. The van der Waals surface area contributed by atoms with Crippen molar-refractivity contribution in [3.63, 3.8) is 0 Å². The number of rotatable bonds is 3. The van der Waals surface area contributed by atoms with E-state index < -0.39 is 0 Å². The summed E-state index contributed by atoms with van der Waals surface area (Å²) >= 11 is 5.96. The summed E-state index contributed by atoms with van der Waals surface area (Å²) in [4.78, 5) is 24.4. The van der Waals surface area contributed by atoms with Gasteiger partial charge in [-0.1, -0.05) is 11.6 Å². The van der Waals surface area contributed by atoms with Gasteiger partial charge in [-0.2, -0.15) is 0 Å². The van der Waals surface area contributed by atoms with Crippen LogP contribution < -0.4 is 5.32 Å². The predicted molar refractivity (Wildman–Crippen MR) is 82.1 cm³/mol. The lowest BCUT2D eigenvalue weighted by Gasteiger charge is -2.12. The van der Waals surface area contributed by atoms with E-state index in [1.165, 1.54) is 6.92 Å². The largest absolute Gasteiger partial charge is 0.352 e. The number of carbonyl (C=O) groups is 1.